The molecule has 0 unspecified atom stereocenters. The molecule has 4 heteroatoms. The van der Waals surface area contributed by atoms with Crippen molar-refractivity contribution in [1.82, 2.24) is 9.97 Å². The maximum atomic E-state index is 6.49. The summed E-state index contributed by atoms with van der Waals surface area (Å²) in [4.78, 5) is 8.91. The Labute approximate surface area is 255 Å². The second-order valence-corrected chi connectivity index (χ2v) is 10.0. The third-order valence-electron chi connectivity index (χ3n) is 7.62. The monoisotopic (exact) mass is 715 g/mol. The van der Waals surface area contributed by atoms with E-state index in [0.717, 1.165) is 60.3 Å². The van der Waals surface area contributed by atoms with Gasteiger partial charge in [-0.3, -0.25) is 0 Å². The average Bonchev–Trinajstić information content (AvgIpc) is 3.42. The number of hydrogen-bond donors (Lipinski definition) is 0. The van der Waals surface area contributed by atoms with Crippen LogP contribution < -0.4 is 0 Å². The summed E-state index contributed by atoms with van der Waals surface area (Å²) in [6.45, 7) is 0. The fraction of sp³-hybridized carbons (Fsp3) is 0. The van der Waals surface area contributed by atoms with E-state index >= 15 is 0 Å². The predicted molar refractivity (Wildman–Crippen MR) is 169 cm³/mol. The molecule has 0 saturated carbocycles. The topological polar surface area (TPSA) is 38.9 Å². The second-order valence-electron chi connectivity index (χ2n) is 10.0. The second kappa shape index (κ2) is 10.8. The van der Waals surface area contributed by atoms with Crippen LogP contribution in [0.1, 0.15) is 0 Å². The van der Waals surface area contributed by atoms with Crippen LogP contribution in [0.25, 0.3) is 76.4 Å². The Hall–Kier alpha value is -4.89. The zero-order chi connectivity index (χ0) is 27.2. The van der Waals surface area contributed by atoms with Crippen molar-refractivity contribution in [3.05, 3.63) is 146 Å². The summed E-state index contributed by atoms with van der Waals surface area (Å²) < 4.78 is 6.49. The molecule has 6 aromatic carbocycles. The van der Waals surface area contributed by atoms with Gasteiger partial charge >= 0.3 is 0 Å². The van der Waals surface area contributed by atoms with Crippen molar-refractivity contribution < 1.29 is 24.5 Å². The third-order valence-corrected chi connectivity index (χ3v) is 7.62. The first kappa shape index (κ1) is 26.0. The minimum Gasteiger partial charge on any atom is -0.455 e. The van der Waals surface area contributed by atoms with Gasteiger partial charge in [0.05, 0.1) is 0 Å². The molecule has 0 fully saturated rings. The van der Waals surface area contributed by atoms with E-state index < -0.39 is 0 Å². The van der Waals surface area contributed by atoms with E-state index in [9.17, 15) is 0 Å². The van der Waals surface area contributed by atoms with Crippen LogP contribution >= 0.6 is 0 Å². The Morgan fingerprint density at radius 1 is 0.548 bits per heavy atom. The van der Waals surface area contributed by atoms with Crippen molar-refractivity contribution in [3.8, 4) is 11.3 Å². The Morgan fingerprint density at radius 2 is 1.31 bits per heavy atom. The molecule has 0 bridgehead atoms. The number of fused-ring (bicyclic) bond motifs is 11. The molecular weight excluding hydrogens is 693 g/mol. The van der Waals surface area contributed by atoms with Gasteiger partial charge in [-0.15, -0.1) is 65.5 Å². The summed E-state index contributed by atoms with van der Waals surface area (Å²) in [5.41, 5.74) is 4.82. The Morgan fingerprint density at radius 3 is 2.14 bits per heavy atom. The van der Waals surface area contributed by atoms with E-state index in [1.807, 2.05) is 66.9 Å². The molecule has 3 heterocycles. The van der Waals surface area contributed by atoms with Crippen LogP contribution in [0.4, 0.5) is 0 Å². The molecule has 0 spiro atoms. The Kier molecular flexibility index (Phi) is 6.71. The van der Waals surface area contributed by atoms with Gasteiger partial charge in [0.15, 0.2) is 0 Å². The molecule has 0 N–H and O–H groups in total. The minimum absolute atomic E-state index is 0. The fourth-order valence-corrected chi connectivity index (χ4v) is 5.76. The van der Waals surface area contributed by atoms with Crippen molar-refractivity contribution in [1.29, 1.82) is 0 Å². The van der Waals surface area contributed by atoms with Gasteiger partial charge in [0.25, 0.3) is 0 Å². The molecule has 201 valence electrons. The minimum atomic E-state index is 0. The maximum absolute atomic E-state index is 6.49. The quantitative estimate of drug-likeness (QED) is 0.126. The molecule has 9 rings (SSSR count). The van der Waals surface area contributed by atoms with Gasteiger partial charge in [0, 0.05) is 48.7 Å². The van der Waals surface area contributed by atoms with Crippen molar-refractivity contribution in [3.63, 3.8) is 0 Å². The summed E-state index contributed by atoms with van der Waals surface area (Å²) >= 11 is 0. The smallest absolute Gasteiger partial charge is 0.142 e. The summed E-state index contributed by atoms with van der Waals surface area (Å²) in [5.74, 6) is 0. The zero-order valence-corrected chi connectivity index (χ0v) is 24.7. The third kappa shape index (κ3) is 4.33. The summed E-state index contributed by atoms with van der Waals surface area (Å²) in [6.07, 6.45) is 3.64. The van der Waals surface area contributed by atoms with E-state index in [1.165, 1.54) is 16.2 Å². The van der Waals surface area contributed by atoms with Crippen LogP contribution in [-0.2, 0) is 20.1 Å². The van der Waals surface area contributed by atoms with Crippen LogP contribution in [0.5, 0.6) is 0 Å². The number of aromatic nitrogens is 2. The fourth-order valence-electron chi connectivity index (χ4n) is 5.76. The number of rotatable bonds is 1. The van der Waals surface area contributed by atoms with Crippen molar-refractivity contribution in [2.45, 2.75) is 0 Å². The van der Waals surface area contributed by atoms with Gasteiger partial charge in [-0.25, -0.2) is 0 Å². The number of pyridine rings is 2. The van der Waals surface area contributed by atoms with E-state index in [0.29, 0.717) is 0 Å². The van der Waals surface area contributed by atoms with Gasteiger partial charge < -0.3 is 14.4 Å². The SMILES string of the molecule is [Ir].[c-]1cccc2c1c1ncccc1c1c2ccc2c3cc4ccccc4cc3oc21.[c-]1ccccc1-c1ccccn1. The van der Waals surface area contributed by atoms with Gasteiger partial charge in [0.2, 0.25) is 0 Å². The molecular formula is C38H22IrN2O-2. The van der Waals surface area contributed by atoms with E-state index in [4.69, 9.17) is 9.40 Å². The molecule has 0 aliphatic rings. The van der Waals surface area contributed by atoms with E-state index in [1.54, 1.807) is 6.20 Å². The van der Waals surface area contributed by atoms with Crippen LogP contribution in [0.3, 0.4) is 0 Å². The molecule has 3 nitrogen and oxygen atoms in total. The van der Waals surface area contributed by atoms with E-state index in [2.05, 4.69) is 77.8 Å². The number of hydrogen-bond acceptors (Lipinski definition) is 3. The normalized spacial score (nSPS) is 11.1. The number of furan rings is 1. The van der Waals surface area contributed by atoms with Crippen LogP contribution in [-0.4, -0.2) is 9.97 Å². The van der Waals surface area contributed by atoms with Crippen LogP contribution in [0.2, 0.25) is 0 Å². The summed E-state index contributed by atoms with van der Waals surface area (Å²) in [7, 11) is 0. The molecule has 1 radical (unpaired) electrons. The molecule has 0 saturated heterocycles. The van der Waals surface area contributed by atoms with Crippen molar-refractivity contribution >= 4 is 65.2 Å². The first-order valence-electron chi connectivity index (χ1n) is 13.6. The summed E-state index contributed by atoms with van der Waals surface area (Å²) in [6, 6.07) is 47.7. The van der Waals surface area contributed by atoms with Gasteiger partial charge in [-0.2, -0.15) is 0 Å². The number of nitrogens with zero attached hydrogens (tertiary/aromatic N) is 2. The van der Waals surface area contributed by atoms with Crippen LogP contribution in [0, 0.1) is 12.1 Å². The van der Waals surface area contributed by atoms with Gasteiger partial charge in [-0.1, -0.05) is 60.0 Å². The van der Waals surface area contributed by atoms with Crippen molar-refractivity contribution in [2.24, 2.45) is 0 Å². The summed E-state index contributed by atoms with van der Waals surface area (Å²) in [5, 5.41) is 10.3. The number of benzene rings is 6. The standard InChI is InChI=1S/C27H14NO.C11H8N.Ir/c1-2-7-17-15-24-23(14-16(17)6-1)21-12-11-19-18-8-3-4-9-20(18)26-22(10-5-13-28-26)25(19)27(21)29-24;1-2-6-10(7-3-1)11-8-4-5-9-12-11;/h1-8,10-15H;1-6,8-9H;/q2*-1;. The molecule has 3 aromatic heterocycles. The Balaban J connectivity index is 0.000000188. The van der Waals surface area contributed by atoms with Crippen molar-refractivity contribution in [2.75, 3.05) is 0 Å². The van der Waals surface area contributed by atoms with Gasteiger partial charge in [0.1, 0.15) is 11.2 Å². The van der Waals surface area contributed by atoms with Crippen LogP contribution in [0.15, 0.2) is 138 Å². The Bertz CT molecular complexity index is 2290. The maximum Gasteiger partial charge on any atom is 0.142 e. The predicted octanol–water partition coefficient (Wildman–Crippen LogP) is 9.94. The molecule has 9 aromatic rings. The zero-order valence-electron chi connectivity index (χ0n) is 22.3. The van der Waals surface area contributed by atoms with E-state index in [-0.39, 0.29) is 20.1 Å². The average molecular weight is 715 g/mol. The largest absolute Gasteiger partial charge is 0.455 e. The first-order chi connectivity index (χ1) is 20.3. The molecule has 0 aliphatic heterocycles. The molecule has 0 amide bonds. The molecule has 0 aliphatic carbocycles. The molecule has 42 heavy (non-hydrogen) atoms. The molecule has 0 atom stereocenters. The first-order valence-corrected chi connectivity index (χ1v) is 13.6. The van der Waals surface area contributed by atoms with Gasteiger partial charge in [-0.05, 0) is 57.0 Å².